The van der Waals surface area contributed by atoms with Gasteiger partial charge in [-0.3, -0.25) is 0 Å². The molecule has 0 aliphatic carbocycles. The second-order valence-corrected chi connectivity index (χ2v) is 12.6. The van der Waals surface area contributed by atoms with Crippen LogP contribution < -0.4 is 21.4 Å². The van der Waals surface area contributed by atoms with E-state index >= 15 is 0 Å². The van der Waals surface area contributed by atoms with Gasteiger partial charge in [-0.25, -0.2) is 0 Å². The lowest BCUT2D eigenvalue weighted by Crippen LogP contribution is -2.41. The summed E-state index contributed by atoms with van der Waals surface area (Å²) in [6.45, 7) is 10.7. The van der Waals surface area contributed by atoms with Crippen LogP contribution in [0.3, 0.4) is 0 Å². The summed E-state index contributed by atoms with van der Waals surface area (Å²) in [5, 5.41) is 4.02. The summed E-state index contributed by atoms with van der Waals surface area (Å²) in [4.78, 5) is 0. The van der Waals surface area contributed by atoms with E-state index in [1.807, 2.05) is 0 Å². The summed E-state index contributed by atoms with van der Waals surface area (Å²) in [5.74, 6) is 0. The van der Waals surface area contributed by atoms with E-state index in [0.29, 0.717) is 0 Å². The van der Waals surface area contributed by atoms with Gasteiger partial charge in [0, 0.05) is 0 Å². The molecule has 4 aromatic carbocycles. The first kappa shape index (κ1) is 25.0. The summed E-state index contributed by atoms with van der Waals surface area (Å²) in [5.41, 5.74) is 4.03. The Labute approximate surface area is 217 Å². The van der Waals surface area contributed by atoms with Crippen molar-refractivity contribution in [1.29, 1.82) is 0 Å². The molecule has 36 heavy (non-hydrogen) atoms. The summed E-state index contributed by atoms with van der Waals surface area (Å²) < 4.78 is 13.1. The summed E-state index contributed by atoms with van der Waals surface area (Å²) in [6, 6.07) is 37.4. The first-order valence-corrected chi connectivity index (χ1v) is 14.1. The highest BCUT2D eigenvalue weighted by molar-refractivity contribution is 7.80. The zero-order valence-electron chi connectivity index (χ0n) is 21.9. The maximum Gasteiger partial charge on any atom is 0.495 e. The predicted octanol–water partition coefficient (Wildman–Crippen LogP) is 5.97. The second kappa shape index (κ2) is 9.98. The zero-order chi connectivity index (χ0) is 25.3. The molecule has 0 spiro atoms. The maximum atomic E-state index is 6.56. The molecular weight excluding hydrogens is 458 g/mol. The van der Waals surface area contributed by atoms with Gasteiger partial charge in [0.15, 0.2) is 0 Å². The van der Waals surface area contributed by atoms with Crippen LogP contribution in [0.25, 0.3) is 11.1 Å². The van der Waals surface area contributed by atoms with Gasteiger partial charge in [0.25, 0.3) is 0 Å². The van der Waals surface area contributed by atoms with E-state index in [1.165, 1.54) is 32.6 Å². The Morgan fingerprint density at radius 1 is 0.639 bits per heavy atom. The summed E-state index contributed by atoms with van der Waals surface area (Å²) in [7, 11) is -1.16. The van der Waals surface area contributed by atoms with Crippen molar-refractivity contribution in [2.24, 2.45) is 0 Å². The topological polar surface area (TPSA) is 18.5 Å². The van der Waals surface area contributed by atoms with Gasteiger partial charge in [-0.15, -0.1) is 0 Å². The fraction of sp³-hybridized carbons (Fsp3) is 0.250. The molecular formula is C32H34BO2P. The van der Waals surface area contributed by atoms with Crippen LogP contribution in [-0.4, -0.2) is 18.3 Å². The fourth-order valence-electron chi connectivity index (χ4n) is 4.72. The van der Waals surface area contributed by atoms with Gasteiger partial charge in [0.05, 0.1) is 11.2 Å². The van der Waals surface area contributed by atoms with E-state index in [9.17, 15) is 0 Å². The molecule has 1 saturated heterocycles. The minimum atomic E-state index is -0.746. The van der Waals surface area contributed by atoms with Crippen molar-refractivity contribution in [3.05, 3.63) is 109 Å². The molecule has 1 fully saturated rings. The molecule has 0 unspecified atom stereocenters. The van der Waals surface area contributed by atoms with Crippen LogP contribution in [0.4, 0.5) is 0 Å². The van der Waals surface area contributed by atoms with Crippen LogP contribution in [-0.2, 0) is 15.7 Å². The van der Waals surface area contributed by atoms with Crippen molar-refractivity contribution in [2.45, 2.75) is 52.2 Å². The number of hydrogen-bond acceptors (Lipinski definition) is 2. The van der Waals surface area contributed by atoms with Crippen LogP contribution in [0.1, 0.15) is 40.2 Å². The lowest BCUT2D eigenvalue weighted by atomic mass is 9.73. The molecule has 0 atom stereocenters. The summed E-state index contributed by atoms with van der Waals surface area (Å²) in [6.07, 6.45) is 0.967. The van der Waals surface area contributed by atoms with Crippen molar-refractivity contribution in [2.75, 3.05) is 0 Å². The molecule has 1 aliphatic heterocycles. The van der Waals surface area contributed by atoms with Crippen LogP contribution >= 0.6 is 7.92 Å². The van der Waals surface area contributed by atoms with E-state index in [1.54, 1.807) is 0 Å². The molecule has 0 radical (unpaired) electrons. The lowest BCUT2D eigenvalue weighted by molar-refractivity contribution is 0.00578. The Balaban J connectivity index is 1.70. The largest absolute Gasteiger partial charge is 0.495 e. The van der Waals surface area contributed by atoms with Crippen molar-refractivity contribution >= 4 is 36.4 Å². The molecule has 1 heterocycles. The quantitative estimate of drug-likeness (QED) is 0.244. The minimum Gasteiger partial charge on any atom is -0.399 e. The van der Waals surface area contributed by atoms with Crippen molar-refractivity contribution in [3.8, 4) is 11.1 Å². The van der Waals surface area contributed by atoms with Gasteiger partial charge in [0.2, 0.25) is 0 Å². The van der Waals surface area contributed by atoms with E-state index in [2.05, 4.69) is 138 Å². The van der Waals surface area contributed by atoms with E-state index < -0.39 is 26.2 Å². The average Bonchev–Trinajstić information content (AvgIpc) is 3.12. The molecule has 0 N–H and O–H groups in total. The first-order chi connectivity index (χ1) is 17.3. The Hall–Kier alpha value is -2.71. The molecule has 0 amide bonds. The molecule has 0 bridgehead atoms. The van der Waals surface area contributed by atoms with Crippen LogP contribution in [0, 0.1) is 0 Å². The second-order valence-electron chi connectivity index (χ2n) is 10.4. The zero-order valence-corrected chi connectivity index (χ0v) is 22.8. The molecule has 182 valence electrons. The molecule has 0 saturated carbocycles. The minimum absolute atomic E-state index is 0.391. The highest BCUT2D eigenvalue weighted by Gasteiger charge is 2.52. The Bertz CT molecular complexity index is 1280. The maximum absolute atomic E-state index is 6.56. The van der Waals surface area contributed by atoms with E-state index in [0.717, 1.165) is 11.9 Å². The Kier molecular flexibility index (Phi) is 6.92. The normalized spacial score (nSPS) is 16.4. The fourth-order valence-corrected chi connectivity index (χ4v) is 7.19. The molecule has 4 heteroatoms. The third-order valence-corrected chi connectivity index (χ3v) is 10.00. The molecule has 0 aromatic heterocycles. The van der Waals surface area contributed by atoms with Gasteiger partial charge in [0.1, 0.15) is 0 Å². The highest BCUT2D eigenvalue weighted by atomic mass is 31.1. The SMILES string of the molecule is CCc1ccc(-c2ccccc2P(c2ccccc2)c2ccccc2)c(B2OC(C)(C)C(C)(C)O2)c1. The van der Waals surface area contributed by atoms with Crippen molar-refractivity contribution in [1.82, 2.24) is 0 Å². The first-order valence-electron chi connectivity index (χ1n) is 12.8. The van der Waals surface area contributed by atoms with Crippen molar-refractivity contribution < 1.29 is 9.31 Å². The molecule has 5 rings (SSSR count). The summed E-state index contributed by atoms with van der Waals surface area (Å²) >= 11 is 0. The van der Waals surface area contributed by atoms with Crippen LogP contribution in [0.5, 0.6) is 0 Å². The van der Waals surface area contributed by atoms with Gasteiger partial charge >= 0.3 is 7.12 Å². The lowest BCUT2D eigenvalue weighted by Gasteiger charge is -2.32. The highest BCUT2D eigenvalue weighted by Crippen LogP contribution is 2.39. The van der Waals surface area contributed by atoms with E-state index in [-0.39, 0.29) is 0 Å². The van der Waals surface area contributed by atoms with Gasteiger partial charge in [-0.05, 0) is 80.1 Å². The van der Waals surface area contributed by atoms with Gasteiger partial charge < -0.3 is 9.31 Å². The van der Waals surface area contributed by atoms with Crippen molar-refractivity contribution in [3.63, 3.8) is 0 Å². The Morgan fingerprint density at radius 3 is 1.72 bits per heavy atom. The Morgan fingerprint density at radius 2 is 1.17 bits per heavy atom. The monoisotopic (exact) mass is 492 g/mol. The number of hydrogen-bond donors (Lipinski definition) is 0. The van der Waals surface area contributed by atoms with E-state index in [4.69, 9.17) is 9.31 Å². The van der Waals surface area contributed by atoms with Crippen LogP contribution in [0.15, 0.2) is 103 Å². The molecule has 4 aromatic rings. The van der Waals surface area contributed by atoms with Crippen LogP contribution in [0.2, 0.25) is 0 Å². The molecule has 1 aliphatic rings. The number of benzene rings is 4. The molecule has 2 nitrogen and oxygen atoms in total. The average molecular weight is 492 g/mol. The third-order valence-electron chi connectivity index (χ3n) is 7.50. The smallest absolute Gasteiger partial charge is 0.399 e. The third kappa shape index (κ3) is 4.69. The number of aryl methyl sites for hydroxylation is 1. The standard InChI is InChI=1S/C32H34BO2P/c1-6-24-21-22-27(29(23-24)33-34-31(2,3)32(4,5)35-33)28-19-13-14-20-30(28)36(25-15-9-7-10-16-25)26-17-11-8-12-18-26/h7-23H,6H2,1-5H3. The van der Waals surface area contributed by atoms with Gasteiger partial charge in [-0.1, -0.05) is 110 Å². The number of rotatable bonds is 6. The van der Waals surface area contributed by atoms with Gasteiger partial charge in [-0.2, -0.15) is 0 Å². The predicted molar refractivity (Wildman–Crippen MR) is 156 cm³/mol.